The summed E-state index contributed by atoms with van der Waals surface area (Å²) in [5.74, 6) is -0.263. The minimum absolute atomic E-state index is 0.253. The summed E-state index contributed by atoms with van der Waals surface area (Å²) in [5.41, 5.74) is 6.05. The second-order valence-corrected chi connectivity index (χ2v) is 4.34. The molecule has 1 aliphatic rings. The summed E-state index contributed by atoms with van der Waals surface area (Å²) in [5, 5.41) is 3.31. The van der Waals surface area contributed by atoms with Crippen LogP contribution in [0.25, 0.3) is 0 Å². The van der Waals surface area contributed by atoms with E-state index >= 15 is 0 Å². The quantitative estimate of drug-likeness (QED) is 0.764. The molecule has 1 fully saturated rings. The third-order valence-electron chi connectivity index (χ3n) is 3.17. The number of carbonyl (C=O) groups is 1. The third kappa shape index (κ3) is 1.88. The Morgan fingerprint density at radius 3 is 2.67 bits per heavy atom. The van der Waals surface area contributed by atoms with E-state index in [-0.39, 0.29) is 11.9 Å². The summed E-state index contributed by atoms with van der Waals surface area (Å²) < 4.78 is 0. The Morgan fingerprint density at radius 1 is 1.47 bits per heavy atom. The molecule has 3 nitrogen and oxygen atoms in total. The summed E-state index contributed by atoms with van der Waals surface area (Å²) in [6.07, 6.45) is 1.77. The number of primary amides is 1. The number of benzene rings is 1. The number of hydrogen-bond acceptors (Lipinski definition) is 2. The van der Waals surface area contributed by atoms with Crippen LogP contribution >= 0.6 is 0 Å². The average Bonchev–Trinajstić information content (AvgIpc) is 2.64. The molecule has 2 rings (SSSR count). The van der Waals surface area contributed by atoms with Crippen LogP contribution in [0.1, 0.15) is 31.4 Å². The van der Waals surface area contributed by atoms with Gasteiger partial charge in [0.25, 0.3) is 0 Å². The van der Waals surface area contributed by atoms with Crippen molar-refractivity contribution in [1.82, 2.24) is 5.32 Å². The molecular formula is C12H16N2O. The molecule has 15 heavy (non-hydrogen) atoms. The highest BCUT2D eigenvalue weighted by atomic mass is 16.1. The molecule has 3 heteroatoms. The molecule has 1 aliphatic heterocycles. The minimum atomic E-state index is -0.541. The topological polar surface area (TPSA) is 55.1 Å². The van der Waals surface area contributed by atoms with Gasteiger partial charge in [-0.2, -0.15) is 0 Å². The van der Waals surface area contributed by atoms with E-state index in [0.717, 1.165) is 12.8 Å². The van der Waals surface area contributed by atoms with E-state index in [1.165, 1.54) is 5.56 Å². The smallest absolute Gasteiger partial charge is 0.237 e. The molecule has 1 aromatic rings. The van der Waals surface area contributed by atoms with Gasteiger partial charge in [-0.1, -0.05) is 30.3 Å². The summed E-state index contributed by atoms with van der Waals surface area (Å²) in [6, 6.07) is 10.4. The van der Waals surface area contributed by atoms with Crippen LogP contribution in [0.15, 0.2) is 30.3 Å². The van der Waals surface area contributed by atoms with E-state index in [9.17, 15) is 4.79 Å². The Labute approximate surface area is 89.7 Å². The van der Waals surface area contributed by atoms with Gasteiger partial charge in [0.1, 0.15) is 0 Å². The first-order valence-corrected chi connectivity index (χ1v) is 5.24. The first kappa shape index (κ1) is 10.2. The largest absolute Gasteiger partial charge is 0.368 e. The maximum atomic E-state index is 11.3. The van der Waals surface area contributed by atoms with Gasteiger partial charge in [0, 0.05) is 6.04 Å². The highest BCUT2D eigenvalue weighted by Crippen LogP contribution is 2.32. The van der Waals surface area contributed by atoms with Gasteiger partial charge >= 0.3 is 0 Å². The van der Waals surface area contributed by atoms with Gasteiger partial charge in [-0.15, -0.1) is 0 Å². The molecule has 1 heterocycles. The number of nitrogens with two attached hydrogens (primary N) is 1. The maximum absolute atomic E-state index is 11.3. The van der Waals surface area contributed by atoms with E-state index in [1.807, 2.05) is 25.1 Å². The summed E-state index contributed by atoms with van der Waals surface area (Å²) in [7, 11) is 0. The molecule has 1 saturated heterocycles. The molecule has 0 aliphatic carbocycles. The molecule has 0 saturated carbocycles. The van der Waals surface area contributed by atoms with Crippen LogP contribution in [0.4, 0.5) is 0 Å². The Hall–Kier alpha value is -1.35. The SMILES string of the molecule is C[C@]1(C(N)=O)CC[C@@H](c2ccccc2)N1. The molecule has 80 valence electrons. The molecule has 3 N–H and O–H groups in total. The third-order valence-corrected chi connectivity index (χ3v) is 3.17. The van der Waals surface area contributed by atoms with Crippen LogP contribution in [0.3, 0.4) is 0 Å². The van der Waals surface area contributed by atoms with Gasteiger partial charge < -0.3 is 5.73 Å². The predicted octanol–water partition coefficient (Wildman–Crippen LogP) is 1.36. The van der Waals surface area contributed by atoms with Crippen molar-refractivity contribution in [3.8, 4) is 0 Å². The fourth-order valence-electron chi connectivity index (χ4n) is 2.09. The van der Waals surface area contributed by atoms with Crippen molar-refractivity contribution in [2.24, 2.45) is 5.73 Å². The van der Waals surface area contributed by atoms with E-state index in [0.29, 0.717) is 0 Å². The molecule has 2 atom stereocenters. The molecule has 0 radical (unpaired) electrons. The minimum Gasteiger partial charge on any atom is -0.368 e. The van der Waals surface area contributed by atoms with Gasteiger partial charge in [-0.3, -0.25) is 10.1 Å². The van der Waals surface area contributed by atoms with Crippen LogP contribution in [0.5, 0.6) is 0 Å². The van der Waals surface area contributed by atoms with Crippen molar-refractivity contribution in [2.45, 2.75) is 31.3 Å². The molecule has 1 amide bonds. The van der Waals surface area contributed by atoms with Crippen molar-refractivity contribution in [1.29, 1.82) is 0 Å². The Balaban J connectivity index is 2.14. The van der Waals surface area contributed by atoms with Crippen LogP contribution in [-0.2, 0) is 4.79 Å². The van der Waals surface area contributed by atoms with Crippen molar-refractivity contribution < 1.29 is 4.79 Å². The normalized spacial score (nSPS) is 30.3. The zero-order chi connectivity index (χ0) is 10.9. The monoisotopic (exact) mass is 204 g/mol. The van der Waals surface area contributed by atoms with E-state index in [1.54, 1.807) is 0 Å². The molecule has 0 unspecified atom stereocenters. The van der Waals surface area contributed by atoms with E-state index in [4.69, 9.17) is 5.73 Å². The zero-order valence-corrected chi connectivity index (χ0v) is 8.86. The first-order chi connectivity index (χ1) is 7.12. The van der Waals surface area contributed by atoms with Crippen molar-refractivity contribution >= 4 is 5.91 Å². The number of amides is 1. The van der Waals surface area contributed by atoms with Gasteiger partial charge in [-0.25, -0.2) is 0 Å². The molecular weight excluding hydrogens is 188 g/mol. The summed E-state index contributed by atoms with van der Waals surface area (Å²) >= 11 is 0. The van der Waals surface area contributed by atoms with Crippen molar-refractivity contribution in [3.05, 3.63) is 35.9 Å². The van der Waals surface area contributed by atoms with Crippen LogP contribution in [-0.4, -0.2) is 11.4 Å². The van der Waals surface area contributed by atoms with Crippen molar-refractivity contribution in [2.75, 3.05) is 0 Å². The van der Waals surface area contributed by atoms with Gasteiger partial charge in [-0.05, 0) is 25.3 Å². The highest BCUT2D eigenvalue weighted by molar-refractivity contribution is 5.84. The fraction of sp³-hybridized carbons (Fsp3) is 0.417. The first-order valence-electron chi connectivity index (χ1n) is 5.24. The Kier molecular flexibility index (Phi) is 2.49. The number of rotatable bonds is 2. The van der Waals surface area contributed by atoms with E-state index < -0.39 is 5.54 Å². The predicted molar refractivity (Wildman–Crippen MR) is 59.2 cm³/mol. The zero-order valence-electron chi connectivity index (χ0n) is 8.86. The average molecular weight is 204 g/mol. The van der Waals surface area contributed by atoms with Gasteiger partial charge in [0.2, 0.25) is 5.91 Å². The second kappa shape index (κ2) is 3.66. The fourth-order valence-corrected chi connectivity index (χ4v) is 2.09. The van der Waals surface area contributed by atoms with Crippen LogP contribution < -0.4 is 11.1 Å². The maximum Gasteiger partial charge on any atom is 0.237 e. The van der Waals surface area contributed by atoms with E-state index in [2.05, 4.69) is 17.4 Å². The summed E-state index contributed by atoms with van der Waals surface area (Å²) in [6.45, 7) is 1.87. The molecule has 1 aromatic carbocycles. The lowest BCUT2D eigenvalue weighted by Crippen LogP contribution is -2.49. The van der Waals surface area contributed by atoms with Crippen molar-refractivity contribution in [3.63, 3.8) is 0 Å². The highest BCUT2D eigenvalue weighted by Gasteiger charge is 2.39. The lowest BCUT2D eigenvalue weighted by Gasteiger charge is -2.21. The standard InChI is InChI=1S/C12H16N2O/c1-12(11(13)15)8-7-10(14-12)9-5-3-2-4-6-9/h2-6,10,14H,7-8H2,1H3,(H2,13,15)/t10-,12+/m0/s1. The van der Waals surface area contributed by atoms with Crippen LogP contribution in [0, 0.1) is 0 Å². The Morgan fingerprint density at radius 2 is 2.13 bits per heavy atom. The lowest BCUT2D eigenvalue weighted by atomic mass is 9.99. The lowest BCUT2D eigenvalue weighted by molar-refractivity contribution is -0.123. The number of carbonyl (C=O) groups excluding carboxylic acids is 1. The molecule has 0 bridgehead atoms. The van der Waals surface area contributed by atoms with Gasteiger partial charge in [0.15, 0.2) is 0 Å². The number of hydrogen-bond donors (Lipinski definition) is 2. The Bertz CT molecular complexity index is 363. The molecule has 0 spiro atoms. The summed E-state index contributed by atoms with van der Waals surface area (Å²) in [4.78, 5) is 11.3. The number of nitrogens with one attached hydrogen (secondary N) is 1. The molecule has 0 aromatic heterocycles. The van der Waals surface area contributed by atoms with Gasteiger partial charge in [0.05, 0.1) is 5.54 Å². The van der Waals surface area contributed by atoms with Crippen LogP contribution in [0.2, 0.25) is 0 Å². The second-order valence-electron chi connectivity index (χ2n) is 4.34.